The van der Waals surface area contributed by atoms with Crippen molar-refractivity contribution >= 4 is 12.1 Å². The van der Waals surface area contributed by atoms with Crippen molar-refractivity contribution in [1.29, 1.82) is 0 Å². The van der Waals surface area contributed by atoms with Crippen LogP contribution in [0.15, 0.2) is 42.7 Å². The maximum atomic E-state index is 12.6. The lowest BCUT2D eigenvalue weighted by Crippen LogP contribution is -2.53. The zero-order valence-corrected chi connectivity index (χ0v) is 14.5. The number of aliphatic carboxylic acids is 1. The van der Waals surface area contributed by atoms with Crippen molar-refractivity contribution in [3.8, 4) is 0 Å². The lowest BCUT2D eigenvalue weighted by atomic mass is 9.93. The highest BCUT2D eigenvalue weighted by Gasteiger charge is 2.46. The van der Waals surface area contributed by atoms with Crippen LogP contribution in [-0.2, 0) is 21.7 Å². The molecule has 1 unspecified atom stereocenters. The minimum absolute atomic E-state index is 0.0608. The van der Waals surface area contributed by atoms with Crippen LogP contribution in [-0.4, -0.2) is 38.6 Å². The average molecular weight is 343 g/mol. The Morgan fingerprint density at radius 2 is 1.84 bits per heavy atom. The van der Waals surface area contributed by atoms with E-state index in [4.69, 9.17) is 4.74 Å². The van der Waals surface area contributed by atoms with E-state index in [1.54, 1.807) is 13.8 Å². The molecule has 2 rings (SSSR count). The fourth-order valence-electron chi connectivity index (χ4n) is 2.66. The van der Waals surface area contributed by atoms with Gasteiger partial charge in [0.05, 0.1) is 11.4 Å². The Morgan fingerprint density at radius 1 is 1.20 bits per heavy atom. The zero-order chi connectivity index (χ0) is 18.4. The second kappa shape index (κ2) is 7.74. The summed E-state index contributed by atoms with van der Waals surface area (Å²) in [7, 11) is 0. The summed E-state index contributed by atoms with van der Waals surface area (Å²) in [6.45, 7) is 4.99. The molecular formula is C18H21N3O4. The Balaban J connectivity index is 2.29. The van der Waals surface area contributed by atoms with E-state index in [9.17, 15) is 14.7 Å². The molecule has 0 aliphatic rings. The third kappa shape index (κ3) is 3.76. The first-order valence-electron chi connectivity index (χ1n) is 7.91. The monoisotopic (exact) mass is 343 g/mol. The second-order valence-corrected chi connectivity index (χ2v) is 5.65. The van der Waals surface area contributed by atoms with Gasteiger partial charge >= 0.3 is 12.1 Å². The molecule has 0 bridgehead atoms. The standard InChI is InChI=1S/C18H21N3O4/c1-4-21(17(24)25-12-14-8-6-5-7-9-14)18(3,16(22)23)15-13(2)19-10-11-20-15/h5-11H,4,12H2,1-3H3,(H,22,23). The molecule has 0 fully saturated rings. The van der Waals surface area contributed by atoms with Crippen LogP contribution in [0.4, 0.5) is 4.79 Å². The van der Waals surface area contributed by atoms with Crippen LogP contribution in [0, 0.1) is 6.92 Å². The summed E-state index contributed by atoms with van der Waals surface area (Å²) in [5.74, 6) is -1.20. The van der Waals surface area contributed by atoms with Crippen LogP contribution in [0.2, 0.25) is 0 Å². The summed E-state index contributed by atoms with van der Waals surface area (Å²) < 4.78 is 5.31. The summed E-state index contributed by atoms with van der Waals surface area (Å²) in [5.41, 5.74) is -0.205. The second-order valence-electron chi connectivity index (χ2n) is 5.65. The van der Waals surface area contributed by atoms with Crippen molar-refractivity contribution < 1.29 is 19.4 Å². The van der Waals surface area contributed by atoms with Gasteiger partial charge in [-0.15, -0.1) is 0 Å². The van der Waals surface area contributed by atoms with Crippen LogP contribution >= 0.6 is 0 Å². The smallest absolute Gasteiger partial charge is 0.411 e. The number of carboxylic acid groups (broad SMARTS) is 1. The van der Waals surface area contributed by atoms with E-state index in [-0.39, 0.29) is 18.8 Å². The van der Waals surface area contributed by atoms with E-state index < -0.39 is 17.6 Å². The van der Waals surface area contributed by atoms with Crippen LogP contribution in [0.1, 0.15) is 30.8 Å². The van der Waals surface area contributed by atoms with Gasteiger partial charge in [0.2, 0.25) is 0 Å². The largest absolute Gasteiger partial charge is 0.479 e. The number of ether oxygens (including phenoxy) is 1. The molecule has 0 radical (unpaired) electrons. The third-order valence-corrected chi connectivity index (χ3v) is 4.04. The highest BCUT2D eigenvalue weighted by atomic mass is 16.6. The number of nitrogens with zero attached hydrogens (tertiary/aromatic N) is 3. The van der Waals surface area contributed by atoms with Crippen molar-refractivity contribution in [2.24, 2.45) is 0 Å². The number of aryl methyl sites for hydroxylation is 1. The zero-order valence-electron chi connectivity index (χ0n) is 14.5. The maximum Gasteiger partial charge on any atom is 0.411 e. The minimum Gasteiger partial charge on any atom is -0.479 e. The first-order chi connectivity index (χ1) is 11.9. The van der Waals surface area contributed by atoms with Gasteiger partial charge in [-0.25, -0.2) is 9.59 Å². The quantitative estimate of drug-likeness (QED) is 0.867. The summed E-state index contributed by atoms with van der Waals surface area (Å²) in [6.07, 6.45) is 2.17. The predicted octanol–water partition coefficient (Wildman–Crippen LogP) is 2.74. The van der Waals surface area contributed by atoms with Gasteiger partial charge in [0.15, 0.2) is 5.54 Å². The van der Waals surface area contributed by atoms with Gasteiger partial charge in [-0.2, -0.15) is 0 Å². The number of rotatable bonds is 6. The number of hydrogen-bond donors (Lipinski definition) is 1. The molecular weight excluding hydrogens is 322 g/mol. The number of benzene rings is 1. The maximum absolute atomic E-state index is 12.6. The number of carbonyl (C=O) groups excluding carboxylic acids is 1. The first-order valence-corrected chi connectivity index (χ1v) is 7.91. The Bertz CT molecular complexity index is 751. The van der Waals surface area contributed by atoms with E-state index in [1.165, 1.54) is 19.3 Å². The molecule has 1 N–H and O–H groups in total. The molecule has 1 aromatic carbocycles. The number of likely N-dealkylation sites (N-methyl/N-ethyl adjacent to an activating group) is 1. The molecule has 0 spiro atoms. The highest BCUT2D eigenvalue weighted by Crippen LogP contribution is 2.29. The van der Waals surface area contributed by atoms with Gasteiger partial charge in [-0.1, -0.05) is 30.3 Å². The number of carbonyl (C=O) groups is 2. The molecule has 7 heteroatoms. The van der Waals surface area contributed by atoms with Crippen molar-refractivity contribution in [3.05, 3.63) is 59.7 Å². The fraction of sp³-hybridized carbons (Fsp3) is 0.333. The number of hydrogen-bond acceptors (Lipinski definition) is 5. The molecule has 132 valence electrons. The third-order valence-electron chi connectivity index (χ3n) is 4.04. The van der Waals surface area contributed by atoms with Crippen LogP contribution in [0.3, 0.4) is 0 Å². The van der Waals surface area contributed by atoms with Gasteiger partial charge in [-0.05, 0) is 26.3 Å². The summed E-state index contributed by atoms with van der Waals surface area (Å²) in [4.78, 5) is 34.0. The molecule has 1 amide bonds. The van der Waals surface area contributed by atoms with Crippen LogP contribution in [0.25, 0.3) is 0 Å². The van der Waals surface area contributed by atoms with Crippen molar-refractivity contribution in [1.82, 2.24) is 14.9 Å². The van der Waals surface area contributed by atoms with Gasteiger partial charge in [0.25, 0.3) is 0 Å². The molecule has 1 aromatic heterocycles. The van der Waals surface area contributed by atoms with Crippen LogP contribution in [0.5, 0.6) is 0 Å². The molecule has 0 aliphatic carbocycles. The van der Waals surface area contributed by atoms with Gasteiger partial charge < -0.3 is 9.84 Å². The lowest BCUT2D eigenvalue weighted by Gasteiger charge is -2.36. The van der Waals surface area contributed by atoms with Crippen molar-refractivity contribution in [2.75, 3.05) is 6.54 Å². The van der Waals surface area contributed by atoms with Gasteiger partial charge in [0, 0.05) is 18.9 Å². The molecule has 7 nitrogen and oxygen atoms in total. The SMILES string of the molecule is CCN(C(=O)OCc1ccccc1)C(C)(C(=O)O)c1nccnc1C. The summed E-state index contributed by atoms with van der Waals surface area (Å²) >= 11 is 0. The Kier molecular flexibility index (Phi) is 5.69. The molecule has 1 atom stereocenters. The van der Waals surface area contributed by atoms with E-state index in [1.807, 2.05) is 30.3 Å². The topological polar surface area (TPSA) is 92.6 Å². The van der Waals surface area contributed by atoms with Crippen molar-refractivity contribution in [2.45, 2.75) is 32.9 Å². The highest BCUT2D eigenvalue weighted by molar-refractivity contribution is 5.85. The van der Waals surface area contributed by atoms with E-state index in [0.29, 0.717) is 5.69 Å². The normalized spacial score (nSPS) is 12.9. The fourth-order valence-corrected chi connectivity index (χ4v) is 2.66. The Morgan fingerprint density at radius 3 is 2.40 bits per heavy atom. The molecule has 0 saturated heterocycles. The molecule has 0 saturated carbocycles. The summed E-state index contributed by atoms with van der Waals surface area (Å²) in [6, 6.07) is 9.19. The Labute approximate surface area is 146 Å². The molecule has 0 aliphatic heterocycles. The van der Waals surface area contributed by atoms with Gasteiger partial charge in [-0.3, -0.25) is 14.9 Å². The number of carboxylic acids is 1. The van der Waals surface area contributed by atoms with E-state index in [2.05, 4.69) is 9.97 Å². The number of aromatic nitrogens is 2. The van der Waals surface area contributed by atoms with Crippen molar-refractivity contribution in [3.63, 3.8) is 0 Å². The minimum atomic E-state index is -1.68. The molecule has 2 aromatic rings. The van der Waals surface area contributed by atoms with E-state index >= 15 is 0 Å². The van der Waals surface area contributed by atoms with Gasteiger partial charge in [0.1, 0.15) is 6.61 Å². The first kappa shape index (κ1) is 18.4. The van der Waals surface area contributed by atoms with E-state index in [0.717, 1.165) is 10.5 Å². The molecule has 25 heavy (non-hydrogen) atoms. The predicted molar refractivity (Wildman–Crippen MR) is 90.8 cm³/mol. The summed E-state index contributed by atoms with van der Waals surface area (Å²) in [5, 5.41) is 9.83. The Hall–Kier alpha value is -2.96. The lowest BCUT2D eigenvalue weighted by molar-refractivity contribution is -0.150. The average Bonchev–Trinajstić information content (AvgIpc) is 2.61. The molecule has 1 heterocycles. The number of amides is 1. The van der Waals surface area contributed by atoms with Crippen LogP contribution < -0.4 is 0 Å².